The van der Waals surface area contributed by atoms with Gasteiger partial charge in [-0.05, 0) is 55.2 Å². The van der Waals surface area contributed by atoms with Gasteiger partial charge in [-0.3, -0.25) is 0 Å². The molecule has 2 N–H and O–H groups in total. The molecule has 0 aliphatic carbocycles. The average molecular weight is 608 g/mol. The number of unbranched alkanes of at least 4 members (excludes halogenated alkanes) is 15. The van der Waals surface area contributed by atoms with Crippen molar-refractivity contribution in [3.63, 3.8) is 0 Å². The molecule has 0 heterocycles. The Balaban J connectivity index is 0.000000661. The van der Waals surface area contributed by atoms with Crippen LogP contribution in [0, 0.1) is 5.82 Å². The summed E-state index contributed by atoms with van der Waals surface area (Å²) in [6.07, 6.45) is 23.4. The van der Waals surface area contributed by atoms with Crippen molar-refractivity contribution in [2.45, 2.75) is 122 Å². The average Bonchev–Trinajstić information content (AvgIpc) is 2.86. The summed E-state index contributed by atoms with van der Waals surface area (Å²) in [6, 6.07) is 6.33. The van der Waals surface area contributed by atoms with Gasteiger partial charge in [-0.1, -0.05) is 119 Å². The van der Waals surface area contributed by atoms with E-state index in [1.807, 2.05) is 0 Å². The van der Waals surface area contributed by atoms with Crippen LogP contribution < -0.4 is 10.5 Å². The summed E-state index contributed by atoms with van der Waals surface area (Å²) >= 11 is 2.42. The summed E-state index contributed by atoms with van der Waals surface area (Å²) in [5.41, 5.74) is 5.46. The van der Waals surface area contributed by atoms with E-state index in [-0.39, 0.29) is 5.82 Å². The number of rotatable bonds is 24. The van der Waals surface area contributed by atoms with Gasteiger partial charge >= 0.3 is 0 Å². The highest BCUT2D eigenvalue weighted by Gasteiger charge is 1.96. The lowest BCUT2D eigenvalue weighted by atomic mass is 10.1. The molecule has 1 rings (SSSR count). The molecule has 0 saturated carbocycles. The van der Waals surface area contributed by atoms with Gasteiger partial charge in [0.05, 0.1) is 6.61 Å². The van der Waals surface area contributed by atoms with Crippen LogP contribution in [0.4, 0.5) is 4.39 Å². The summed E-state index contributed by atoms with van der Waals surface area (Å²) in [5, 5.41) is 0. The zero-order chi connectivity index (χ0) is 25.7. The molecular weight excluding hydrogens is 552 g/mol. The Hall–Kier alpha value is -0.400. The lowest BCUT2D eigenvalue weighted by molar-refractivity contribution is 0.125. The predicted molar refractivity (Wildman–Crippen MR) is 159 cm³/mol. The fourth-order valence-corrected chi connectivity index (χ4v) is 4.33. The van der Waals surface area contributed by atoms with Gasteiger partial charge in [0.15, 0.2) is 0 Å². The van der Waals surface area contributed by atoms with Crippen LogP contribution in [0.2, 0.25) is 0 Å². The largest absolute Gasteiger partial charge is 0.493 e. The minimum Gasteiger partial charge on any atom is -0.493 e. The van der Waals surface area contributed by atoms with E-state index in [0.29, 0.717) is 12.4 Å². The van der Waals surface area contributed by atoms with E-state index in [1.165, 1.54) is 126 Å². The summed E-state index contributed by atoms with van der Waals surface area (Å²) in [5.74, 6) is 0.399. The van der Waals surface area contributed by atoms with Gasteiger partial charge < -0.3 is 15.2 Å². The molecule has 0 unspecified atom stereocenters. The van der Waals surface area contributed by atoms with Crippen LogP contribution in [0.3, 0.4) is 0 Å². The van der Waals surface area contributed by atoms with Crippen molar-refractivity contribution in [1.82, 2.24) is 0 Å². The minimum atomic E-state index is -0.235. The molecule has 0 atom stereocenters. The minimum absolute atomic E-state index is 0.235. The molecule has 1 aromatic rings. The zero-order valence-corrected chi connectivity index (χ0v) is 24.9. The van der Waals surface area contributed by atoms with Gasteiger partial charge in [0.2, 0.25) is 0 Å². The van der Waals surface area contributed by atoms with Gasteiger partial charge in [-0.25, -0.2) is 4.39 Å². The second kappa shape index (κ2) is 29.8. The smallest absolute Gasteiger partial charge is 0.126 e. The number of hydrogen-bond acceptors (Lipinski definition) is 3. The number of alkyl halides is 1. The highest BCUT2D eigenvalue weighted by atomic mass is 127. The highest BCUT2D eigenvalue weighted by molar-refractivity contribution is 14.1. The fourth-order valence-electron chi connectivity index (χ4n) is 3.79. The molecule has 0 aliphatic rings. The Bertz CT molecular complexity index is 517. The van der Waals surface area contributed by atoms with Crippen LogP contribution in [0.15, 0.2) is 24.3 Å². The first-order chi connectivity index (χ1) is 17.2. The number of hydrogen-bond donors (Lipinski definition) is 1. The Kier molecular flexibility index (Phi) is 29.5. The van der Waals surface area contributed by atoms with Crippen LogP contribution in [-0.4, -0.2) is 30.8 Å². The lowest BCUT2D eigenvalue weighted by Crippen LogP contribution is -1.98. The first kappa shape index (κ1) is 34.6. The summed E-state index contributed by atoms with van der Waals surface area (Å²) in [4.78, 5) is 0. The van der Waals surface area contributed by atoms with Crippen LogP contribution >= 0.6 is 22.6 Å². The summed E-state index contributed by atoms with van der Waals surface area (Å²) in [6.45, 7) is 5.74. The van der Waals surface area contributed by atoms with E-state index in [4.69, 9.17) is 15.2 Å². The first-order valence-electron chi connectivity index (χ1n) is 14.5. The molecule has 0 spiro atoms. The third-order valence-electron chi connectivity index (χ3n) is 5.98. The predicted octanol–water partition coefficient (Wildman–Crippen LogP) is 9.64. The van der Waals surface area contributed by atoms with Crippen molar-refractivity contribution < 1.29 is 13.9 Å². The standard InChI is InChI=1S/C16H35NO.C14H20FIO/c1-2-3-4-12-15-18-16-13-10-8-6-5-7-9-11-14-17;15-13-8-7-9-14(12-13)17-11-6-4-2-1-3-5-10-16/h2-17H2,1H3;7-9,12H,1-6,10-11H2. The summed E-state index contributed by atoms with van der Waals surface area (Å²) < 4.78 is 25.2. The Morgan fingerprint density at radius 1 is 0.686 bits per heavy atom. The molecule has 0 fully saturated rings. The number of benzene rings is 1. The molecule has 0 aromatic heterocycles. The van der Waals surface area contributed by atoms with Crippen molar-refractivity contribution >= 4 is 22.6 Å². The highest BCUT2D eigenvalue weighted by Crippen LogP contribution is 2.13. The fraction of sp³-hybridized carbons (Fsp3) is 0.800. The van der Waals surface area contributed by atoms with Crippen molar-refractivity contribution in [3.05, 3.63) is 30.1 Å². The molecule has 0 saturated heterocycles. The van der Waals surface area contributed by atoms with E-state index >= 15 is 0 Å². The Morgan fingerprint density at radius 2 is 1.20 bits per heavy atom. The van der Waals surface area contributed by atoms with Gasteiger partial charge in [0.1, 0.15) is 11.6 Å². The van der Waals surface area contributed by atoms with Crippen molar-refractivity contribution in [3.8, 4) is 5.75 Å². The maximum Gasteiger partial charge on any atom is 0.126 e. The molecule has 0 radical (unpaired) electrons. The third-order valence-corrected chi connectivity index (χ3v) is 6.74. The van der Waals surface area contributed by atoms with Crippen LogP contribution in [0.25, 0.3) is 0 Å². The lowest BCUT2D eigenvalue weighted by Gasteiger charge is -2.05. The monoisotopic (exact) mass is 607 g/mol. The molecule has 0 bridgehead atoms. The van der Waals surface area contributed by atoms with Crippen molar-refractivity contribution in [1.29, 1.82) is 0 Å². The number of nitrogens with two attached hydrogens (primary N) is 1. The molecule has 5 heteroatoms. The van der Waals surface area contributed by atoms with Gasteiger partial charge in [-0.2, -0.15) is 0 Å². The molecule has 35 heavy (non-hydrogen) atoms. The zero-order valence-electron chi connectivity index (χ0n) is 22.7. The quantitative estimate of drug-likeness (QED) is 0.0723. The van der Waals surface area contributed by atoms with Crippen molar-refractivity contribution in [2.75, 3.05) is 30.8 Å². The van der Waals surface area contributed by atoms with Gasteiger partial charge in [0.25, 0.3) is 0 Å². The van der Waals surface area contributed by atoms with E-state index in [9.17, 15) is 4.39 Å². The summed E-state index contributed by atoms with van der Waals surface area (Å²) in [7, 11) is 0. The van der Waals surface area contributed by atoms with Crippen LogP contribution in [0.5, 0.6) is 5.75 Å². The molecule has 0 amide bonds. The van der Waals surface area contributed by atoms with Gasteiger partial charge in [-0.15, -0.1) is 0 Å². The molecule has 206 valence electrons. The van der Waals surface area contributed by atoms with Crippen LogP contribution in [0.1, 0.15) is 122 Å². The third kappa shape index (κ3) is 28.0. The van der Waals surface area contributed by atoms with Crippen LogP contribution in [-0.2, 0) is 4.74 Å². The maximum atomic E-state index is 12.8. The van der Waals surface area contributed by atoms with E-state index in [0.717, 1.165) is 26.2 Å². The molecular formula is C30H55FINO2. The molecule has 1 aromatic carbocycles. The number of halogens is 2. The Morgan fingerprint density at radius 3 is 1.74 bits per heavy atom. The van der Waals surface area contributed by atoms with Crippen molar-refractivity contribution in [2.24, 2.45) is 5.73 Å². The van der Waals surface area contributed by atoms with E-state index < -0.39 is 0 Å². The maximum absolute atomic E-state index is 12.8. The SMILES string of the molecule is CCCCCCOCCCCCCCCCCN.Fc1cccc(OCCCCCCCCI)c1. The van der Waals surface area contributed by atoms with Gasteiger partial charge in [0, 0.05) is 19.3 Å². The van der Waals surface area contributed by atoms with E-state index in [1.54, 1.807) is 12.1 Å². The Labute approximate surface area is 230 Å². The second-order valence-corrected chi connectivity index (χ2v) is 10.5. The van der Waals surface area contributed by atoms with E-state index in [2.05, 4.69) is 29.5 Å². The topological polar surface area (TPSA) is 44.5 Å². The second-order valence-electron chi connectivity index (χ2n) is 9.41. The molecule has 3 nitrogen and oxygen atoms in total. The molecule has 0 aliphatic heterocycles. The first-order valence-corrected chi connectivity index (χ1v) is 16.0. The normalized spacial score (nSPS) is 10.7. The number of ether oxygens (including phenoxy) is 2.